The van der Waals surface area contributed by atoms with Gasteiger partial charge in [0.25, 0.3) is 0 Å². The van der Waals surface area contributed by atoms with Crippen LogP contribution in [0.3, 0.4) is 0 Å². The van der Waals surface area contributed by atoms with Crippen molar-refractivity contribution in [3.05, 3.63) is 22.3 Å². The van der Waals surface area contributed by atoms with Gasteiger partial charge >= 0.3 is 0 Å². The molecule has 70 valence electrons. The summed E-state index contributed by atoms with van der Waals surface area (Å²) in [5.74, 6) is 0.980. The normalized spacial score (nSPS) is 17.3. The highest BCUT2D eigenvalue weighted by Crippen LogP contribution is 2.24. The first kappa shape index (κ1) is 8.97. The van der Waals surface area contributed by atoms with Crippen LogP contribution >= 0.6 is 15.9 Å². The van der Waals surface area contributed by atoms with E-state index in [0.29, 0.717) is 13.1 Å². The van der Waals surface area contributed by atoms with Gasteiger partial charge in [-0.25, -0.2) is 4.98 Å². The Kier molecular flexibility index (Phi) is 2.26. The quantitative estimate of drug-likeness (QED) is 0.808. The maximum atomic E-state index is 9.15. The number of aryl methyl sites for hydroxylation is 1. The summed E-state index contributed by atoms with van der Waals surface area (Å²) in [5.41, 5.74) is 1.14. The highest BCUT2D eigenvalue weighted by molar-refractivity contribution is 9.10. The predicted octanol–water partition coefficient (Wildman–Crippen LogP) is 1.33. The van der Waals surface area contributed by atoms with Crippen LogP contribution in [0.2, 0.25) is 0 Å². The largest absolute Gasteiger partial charge is 0.389 e. The minimum Gasteiger partial charge on any atom is -0.389 e. The van der Waals surface area contributed by atoms with Crippen LogP contribution in [0.5, 0.6) is 0 Å². The third kappa shape index (κ3) is 1.69. The van der Waals surface area contributed by atoms with E-state index < -0.39 is 0 Å². The highest BCUT2D eigenvalue weighted by Gasteiger charge is 2.26. The number of halogens is 1. The number of anilines is 1. The lowest BCUT2D eigenvalue weighted by molar-refractivity contribution is 0.141. The van der Waals surface area contributed by atoms with Gasteiger partial charge in [0, 0.05) is 23.8 Å². The number of hydrogen-bond donors (Lipinski definition) is 1. The molecule has 0 amide bonds. The second kappa shape index (κ2) is 3.27. The molecule has 13 heavy (non-hydrogen) atoms. The number of β-amino-alcohol motifs (C(OH)–C–C–N with tert-alkyl or cyclic N) is 1. The zero-order valence-electron chi connectivity index (χ0n) is 7.37. The molecule has 3 nitrogen and oxygen atoms in total. The van der Waals surface area contributed by atoms with Crippen LogP contribution in [0.15, 0.2) is 16.7 Å². The summed E-state index contributed by atoms with van der Waals surface area (Å²) >= 11 is 3.37. The molecule has 0 bridgehead atoms. The maximum absolute atomic E-state index is 9.15. The van der Waals surface area contributed by atoms with Gasteiger partial charge < -0.3 is 10.0 Å². The molecule has 0 atom stereocenters. The van der Waals surface area contributed by atoms with Crippen molar-refractivity contribution in [3.8, 4) is 0 Å². The zero-order chi connectivity index (χ0) is 9.42. The molecule has 0 aromatic carbocycles. The minimum absolute atomic E-state index is 0.176. The van der Waals surface area contributed by atoms with E-state index >= 15 is 0 Å². The van der Waals surface area contributed by atoms with Gasteiger partial charge in [0.1, 0.15) is 5.82 Å². The first-order valence-corrected chi connectivity index (χ1v) is 5.01. The summed E-state index contributed by atoms with van der Waals surface area (Å²) in [6.45, 7) is 3.43. The molecule has 4 heteroatoms. The molecule has 0 spiro atoms. The summed E-state index contributed by atoms with van der Waals surface area (Å²) in [4.78, 5) is 6.38. The predicted molar refractivity (Wildman–Crippen MR) is 54.9 cm³/mol. The van der Waals surface area contributed by atoms with E-state index in [2.05, 4.69) is 25.8 Å². The van der Waals surface area contributed by atoms with Crippen molar-refractivity contribution in [2.45, 2.75) is 13.0 Å². The molecule has 1 fully saturated rings. The van der Waals surface area contributed by atoms with Gasteiger partial charge in [-0.2, -0.15) is 0 Å². The lowest BCUT2D eigenvalue weighted by Crippen LogP contribution is -2.51. The summed E-state index contributed by atoms with van der Waals surface area (Å²) in [7, 11) is 0. The zero-order valence-corrected chi connectivity index (χ0v) is 8.95. The van der Waals surface area contributed by atoms with Crippen molar-refractivity contribution in [2.75, 3.05) is 18.0 Å². The number of hydrogen-bond acceptors (Lipinski definition) is 3. The van der Waals surface area contributed by atoms with Crippen molar-refractivity contribution in [1.29, 1.82) is 0 Å². The van der Waals surface area contributed by atoms with E-state index in [-0.39, 0.29) is 6.10 Å². The van der Waals surface area contributed by atoms with E-state index in [4.69, 9.17) is 5.11 Å². The third-order valence-electron chi connectivity index (χ3n) is 2.18. The second-order valence-electron chi connectivity index (χ2n) is 3.35. The van der Waals surface area contributed by atoms with E-state index in [1.807, 2.05) is 13.0 Å². The molecule has 0 radical (unpaired) electrons. The van der Waals surface area contributed by atoms with Crippen molar-refractivity contribution >= 4 is 21.7 Å². The topological polar surface area (TPSA) is 36.4 Å². The Bertz CT molecular complexity index is 323. The van der Waals surface area contributed by atoms with E-state index in [0.717, 1.165) is 15.9 Å². The third-order valence-corrected chi connectivity index (χ3v) is 2.61. The number of aliphatic hydroxyl groups is 1. The number of nitrogens with zero attached hydrogens (tertiary/aromatic N) is 2. The van der Waals surface area contributed by atoms with Gasteiger partial charge in [0.15, 0.2) is 0 Å². The summed E-state index contributed by atoms with van der Waals surface area (Å²) < 4.78 is 0.995. The monoisotopic (exact) mass is 242 g/mol. The molecule has 1 aromatic rings. The Hall–Kier alpha value is -0.610. The molecular formula is C9H11BrN2O. The molecule has 0 aliphatic carbocycles. The fraction of sp³-hybridized carbons (Fsp3) is 0.444. The van der Waals surface area contributed by atoms with Gasteiger partial charge in [-0.15, -0.1) is 0 Å². The molecule has 1 saturated heterocycles. The molecule has 1 aliphatic heterocycles. The Labute approximate surface area is 85.5 Å². The van der Waals surface area contributed by atoms with Crippen LogP contribution in [0.4, 0.5) is 5.82 Å². The molecule has 0 saturated carbocycles. The van der Waals surface area contributed by atoms with E-state index in [9.17, 15) is 0 Å². The van der Waals surface area contributed by atoms with Crippen LogP contribution in [0, 0.1) is 6.92 Å². The number of aromatic nitrogens is 1. The van der Waals surface area contributed by atoms with Gasteiger partial charge in [0.2, 0.25) is 0 Å². The average Bonchev–Trinajstić information content (AvgIpc) is 2.00. The number of pyridine rings is 1. The Morgan fingerprint density at radius 2 is 2.31 bits per heavy atom. The first-order chi connectivity index (χ1) is 6.16. The van der Waals surface area contributed by atoms with Gasteiger partial charge in [-0.05, 0) is 34.5 Å². The van der Waals surface area contributed by atoms with Crippen molar-refractivity contribution in [2.24, 2.45) is 0 Å². The summed E-state index contributed by atoms with van der Waals surface area (Å²) in [6.07, 6.45) is 1.61. The van der Waals surface area contributed by atoms with E-state index in [1.165, 1.54) is 0 Å². The molecule has 2 rings (SSSR count). The van der Waals surface area contributed by atoms with Crippen LogP contribution < -0.4 is 4.90 Å². The lowest BCUT2D eigenvalue weighted by Gasteiger charge is -2.37. The summed E-state index contributed by atoms with van der Waals surface area (Å²) in [6, 6.07) is 2.03. The van der Waals surface area contributed by atoms with Crippen molar-refractivity contribution in [3.63, 3.8) is 0 Å². The molecule has 0 unspecified atom stereocenters. The first-order valence-electron chi connectivity index (χ1n) is 4.22. The van der Waals surface area contributed by atoms with Crippen LogP contribution in [-0.2, 0) is 0 Å². The van der Waals surface area contributed by atoms with E-state index in [1.54, 1.807) is 6.20 Å². The molecule has 2 heterocycles. The molecule has 1 aliphatic rings. The fourth-order valence-electron chi connectivity index (χ4n) is 1.49. The maximum Gasteiger partial charge on any atom is 0.131 e. The van der Waals surface area contributed by atoms with Crippen molar-refractivity contribution in [1.82, 2.24) is 4.98 Å². The van der Waals surface area contributed by atoms with Gasteiger partial charge in [-0.1, -0.05) is 0 Å². The Balaban J connectivity index is 2.21. The highest BCUT2D eigenvalue weighted by atomic mass is 79.9. The Morgan fingerprint density at radius 1 is 1.62 bits per heavy atom. The van der Waals surface area contributed by atoms with Crippen molar-refractivity contribution < 1.29 is 5.11 Å². The minimum atomic E-state index is -0.176. The Morgan fingerprint density at radius 3 is 2.85 bits per heavy atom. The standard InChI is InChI=1S/C9H11BrN2O/c1-6-2-7(10)3-11-9(6)12-4-8(13)5-12/h2-3,8,13H,4-5H2,1H3. The fourth-order valence-corrected chi connectivity index (χ4v) is 1.94. The number of rotatable bonds is 1. The van der Waals surface area contributed by atoms with Crippen LogP contribution in [-0.4, -0.2) is 29.3 Å². The molecule has 1 aromatic heterocycles. The van der Waals surface area contributed by atoms with Gasteiger partial charge in [-0.3, -0.25) is 0 Å². The second-order valence-corrected chi connectivity index (χ2v) is 4.27. The molecular weight excluding hydrogens is 232 g/mol. The van der Waals surface area contributed by atoms with Crippen LogP contribution in [0.1, 0.15) is 5.56 Å². The van der Waals surface area contributed by atoms with Crippen LogP contribution in [0.25, 0.3) is 0 Å². The average molecular weight is 243 g/mol. The lowest BCUT2D eigenvalue weighted by atomic mass is 10.1. The molecule has 1 N–H and O–H groups in total. The summed E-state index contributed by atoms with van der Waals surface area (Å²) in [5, 5.41) is 9.15. The number of aliphatic hydroxyl groups excluding tert-OH is 1. The smallest absolute Gasteiger partial charge is 0.131 e. The van der Waals surface area contributed by atoms with Gasteiger partial charge in [0.05, 0.1) is 6.10 Å². The SMILES string of the molecule is Cc1cc(Br)cnc1N1CC(O)C1.